The third kappa shape index (κ3) is 6.10. The summed E-state index contributed by atoms with van der Waals surface area (Å²) in [6, 6.07) is 7.68. The van der Waals surface area contributed by atoms with Crippen LogP contribution in [0.3, 0.4) is 0 Å². The van der Waals surface area contributed by atoms with Crippen molar-refractivity contribution in [2.75, 3.05) is 26.7 Å². The molecule has 0 bridgehead atoms. The lowest BCUT2D eigenvalue weighted by molar-refractivity contribution is -0.139. The summed E-state index contributed by atoms with van der Waals surface area (Å²) in [5.74, 6) is -1.09. The summed E-state index contributed by atoms with van der Waals surface area (Å²) in [7, 11) is 1.70. The van der Waals surface area contributed by atoms with Crippen LogP contribution in [-0.4, -0.2) is 53.5 Å². The fourth-order valence-corrected chi connectivity index (χ4v) is 2.25. The van der Waals surface area contributed by atoms with Crippen LogP contribution in [-0.2, 0) is 16.1 Å². The first-order valence-electron chi connectivity index (χ1n) is 6.46. The topological polar surface area (TPSA) is 60.9 Å². The minimum atomic E-state index is -0.960. The van der Waals surface area contributed by atoms with Gasteiger partial charge in [0.15, 0.2) is 0 Å². The summed E-state index contributed by atoms with van der Waals surface area (Å²) in [5.41, 5.74) is 1.00. The maximum absolute atomic E-state index is 12.2. The van der Waals surface area contributed by atoms with E-state index in [1.807, 2.05) is 24.3 Å². The number of carbonyl (C=O) groups excluding carboxylic acids is 1. The zero-order valence-electron chi connectivity index (χ0n) is 12.0. The molecule has 1 aromatic rings. The van der Waals surface area contributed by atoms with Gasteiger partial charge >= 0.3 is 5.97 Å². The van der Waals surface area contributed by atoms with Gasteiger partial charge in [-0.05, 0) is 11.6 Å². The molecule has 0 unspecified atom stereocenters. The molecule has 0 saturated carbocycles. The van der Waals surface area contributed by atoms with E-state index in [1.54, 1.807) is 18.0 Å². The van der Waals surface area contributed by atoms with E-state index in [4.69, 9.17) is 5.11 Å². The standard InChI is InChI=1S/C15H19BrN2O3/c1-3-8-18(11-15(20)21)10-14(19)17(2)9-12-6-4-5-7-13(12)16/h3-7H,1,8-11H2,2H3,(H,20,21). The second kappa shape index (κ2) is 8.59. The van der Waals surface area contributed by atoms with Gasteiger partial charge in [0.25, 0.3) is 0 Å². The van der Waals surface area contributed by atoms with E-state index in [9.17, 15) is 9.59 Å². The van der Waals surface area contributed by atoms with Crippen molar-refractivity contribution < 1.29 is 14.7 Å². The quantitative estimate of drug-likeness (QED) is 0.725. The second-order valence-electron chi connectivity index (χ2n) is 4.69. The summed E-state index contributed by atoms with van der Waals surface area (Å²) in [5, 5.41) is 8.83. The van der Waals surface area contributed by atoms with Crippen molar-refractivity contribution in [3.05, 3.63) is 47.0 Å². The highest BCUT2D eigenvalue weighted by Gasteiger charge is 2.16. The van der Waals surface area contributed by atoms with Crippen LogP contribution in [0.1, 0.15) is 5.56 Å². The van der Waals surface area contributed by atoms with E-state index in [-0.39, 0.29) is 19.0 Å². The molecule has 0 heterocycles. The number of rotatable bonds is 8. The average molecular weight is 355 g/mol. The van der Waals surface area contributed by atoms with Gasteiger partial charge in [-0.1, -0.05) is 40.2 Å². The molecule has 21 heavy (non-hydrogen) atoms. The Labute approximate surface area is 133 Å². The van der Waals surface area contributed by atoms with E-state index < -0.39 is 5.97 Å². The van der Waals surface area contributed by atoms with Gasteiger partial charge in [0, 0.05) is 24.6 Å². The van der Waals surface area contributed by atoms with E-state index in [0.717, 1.165) is 10.0 Å². The molecule has 0 atom stereocenters. The van der Waals surface area contributed by atoms with Crippen LogP contribution in [0, 0.1) is 0 Å². The van der Waals surface area contributed by atoms with Crippen LogP contribution in [0.4, 0.5) is 0 Å². The number of hydrogen-bond donors (Lipinski definition) is 1. The van der Waals surface area contributed by atoms with Crippen molar-refractivity contribution in [3.63, 3.8) is 0 Å². The van der Waals surface area contributed by atoms with Crippen LogP contribution < -0.4 is 0 Å². The Morgan fingerprint density at radius 1 is 1.33 bits per heavy atom. The minimum Gasteiger partial charge on any atom is -0.480 e. The molecule has 114 valence electrons. The summed E-state index contributed by atoms with van der Waals surface area (Å²) in [6.45, 7) is 4.28. The number of carbonyl (C=O) groups is 2. The number of amides is 1. The van der Waals surface area contributed by atoms with Crippen molar-refractivity contribution in [1.29, 1.82) is 0 Å². The smallest absolute Gasteiger partial charge is 0.317 e. The average Bonchev–Trinajstić information content (AvgIpc) is 2.40. The van der Waals surface area contributed by atoms with Crippen LogP contribution in [0.15, 0.2) is 41.4 Å². The van der Waals surface area contributed by atoms with Crippen molar-refractivity contribution in [1.82, 2.24) is 9.80 Å². The van der Waals surface area contributed by atoms with Crippen molar-refractivity contribution >= 4 is 27.8 Å². The molecule has 5 nitrogen and oxygen atoms in total. The third-order valence-corrected chi connectivity index (χ3v) is 3.67. The number of likely N-dealkylation sites (N-methyl/N-ethyl adjacent to an activating group) is 1. The lowest BCUT2D eigenvalue weighted by Crippen LogP contribution is -2.40. The Morgan fingerprint density at radius 3 is 2.57 bits per heavy atom. The fraction of sp³-hybridized carbons (Fsp3) is 0.333. The molecular formula is C15H19BrN2O3. The van der Waals surface area contributed by atoms with Crippen LogP contribution in [0.5, 0.6) is 0 Å². The van der Waals surface area contributed by atoms with Crippen LogP contribution in [0.25, 0.3) is 0 Å². The Bertz CT molecular complexity index is 519. The fourth-order valence-electron chi connectivity index (χ4n) is 1.84. The highest BCUT2D eigenvalue weighted by Crippen LogP contribution is 2.17. The molecular weight excluding hydrogens is 336 g/mol. The van der Waals surface area contributed by atoms with Crippen LogP contribution in [0.2, 0.25) is 0 Å². The number of carboxylic acid groups (broad SMARTS) is 1. The van der Waals surface area contributed by atoms with Crippen molar-refractivity contribution in [2.24, 2.45) is 0 Å². The van der Waals surface area contributed by atoms with E-state index >= 15 is 0 Å². The first-order valence-corrected chi connectivity index (χ1v) is 7.25. The van der Waals surface area contributed by atoms with Crippen molar-refractivity contribution in [3.8, 4) is 0 Å². The summed E-state index contributed by atoms with van der Waals surface area (Å²) >= 11 is 3.44. The predicted octanol–water partition coefficient (Wildman–Crippen LogP) is 1.98. The maximum atomic E-state index is 12.2. The summed E-state index contributed by atoms with van der Waals surface area (Å²) < 4.78 is 0.943. The van der Waals surface area contributed by atoms with Gasteiger partial charge in [-0.15, -0.1) is 6.58 Å². The zero-order valence-corrected chi connectivity index (χ0v) is 13.5. The number of hydrogen-bond acceptors (Lipinski definition) is 3. The Hall–Kier alpha value is -1.66. The summed E-state index contributed by atoms with van der Waals surface area (Å²) in [6.07, 6.45) is 1.59. The molecule has 0 aromatic heterocycles. The van der Waals surface area contributed by atoms with Gasteiger partial charge < -0.3 is 10.0 Å². The highest BCUT2D eigenvalue weighted by atomic mass is 79.9. The molecule has 1 amide bonds. The Balaban J connectivity index is 2.62. The molecule has 0 saturated heterocycles. The number of carboxylic acids is 1. The molecule has 0 radical (unpaired) electrons. The number of aliphatic carboxylic acids is 1. The van der Waals surface area contributed by atoms with Gasteiger partial charge in [0.05, 0.1) is 13.1 Å². The van der Waals surface area contributed by atoms with Gasteiger partial charge in [-0.3, -0.25) is 14.5 Å². The monoisotopic (exact) mass is 354 g/mol. The SMILES string of the molecule is C=CCN(CC(=O)O)CC(=O)N(C)Cc1ccccc1Br. The molecule has 0 aliphatic heterocycles. The Morgan fingerprint density at radius 2 is 2.00 bits per heavy atom. The maximum Gasteiger partial charge on any atom is 0.317 e. The second-order valence-corrected chi connectivity index (χ2v) is 5.55. The number of nitrogens with zero attached hydrogens (tertiary/aromatic N) is 2. The predicted molar refractivity (Wildman–Crippen MR) is 84.9 cm³/mol. The van der Waals surface area contributed by atoms with Gasteiger partial charge in [0.1, 0.15) is 0 Å². The minimum absolute atomic E-state index is 0.0548. The number of halogens is 1. The molecule has 1 rings (SSSR count). The molecule has 0 fully saturated rings. The first-order chi connectivity index (χ1) is 9.93. The van der Waals surface area contributed by atoms with E-state index in [2.05, 4.69) is 22.5 Å². The van der Waals surface area contributed by atoms with E-state index in [1.165, 1.54) is 4.90 Å². The van der Waals surface area contributed by atoms with Gasteiger partial charge in [-0.25, -0.2) is 0 Å². The summed E-state index contributed by atoms with van der Waals surface area (Å²) in [4.78, 5) is 26.0. The largest absolute Gasteiger partial charge is 0.480 e. The third-order valence-electron chi connectivity index (χ3n) is 2.90. The molecule has 0 aliphatic carbocycles. The van der Waals surface area contributed by atoms with Crippen molar-refractivity contribution in [2.45, 2.75) is 6.54 Å². The molecule has 1 N–H and O–H groups in total. The Kier molecular flexibility index (Phi) is 7.11. The normalized spacial score (nSPS) is 10.4. The first kappa shape index (κ1) is 17.4. The number of benzene rings is 1. The lowest BCUT2D eigenvalue weighted by Gasteiger charge is -2.23. The lowest BCUT2D eigenvalue weighted by atomic mass is 10.2. The highest BCUT2D eigenvalue weighted by molar-refractivity contribution is 9.10. The molecule has 6 heteroatoms. The van der Waals surface area contributed by atoms with Crippen LogP contribution >= 0.6 is 15.9 Å². The molecule has 0 aliphatic rings. The van der Waals surface area contributed by atoms with Gasteiger partial charge in [0.2, 0.25) is 5.91 Å². The molecule has 0 spiro atoms. The molecule has 1 aromatic carbocycles. The van der Waals surface area contributed by atoms with E-state index in [0.29, 0.717) is 13.1 Å². The zero-order chi connectivity index (χ0) is 15.8. The van der Waals surface area contributed by atoms with Gasteiger partial charge in [-0.2, -0.15) is 0 Å².